The van der Waals surface area contributed by atoms with Crippen LogP contribution in [0.4, 0.5) is 0 Å². The number of amides is 1. The third kappa shape index (κ3) is 4.95. The monoisotopic (exact) mass is 352 g/mol. The molecule has 1 aliphatic heterocycles. The second kappa shape index (κ2) is 9.04. The molecule has 1 N–H and O–H groups in total. The zero-order valence-electron chi connectivity index (χ0n) is 14.3. The van der Waals surface area contributed by atoms with E-state index in [1.807, 2.05) is 36.9 Å². The molecule has 1 aliphatic rings. The number of esters is 1. The van der Waals surface area contributed by atoms with Gasteiger partial charge in [0.15, 0.2) is 0 Å². The maximum Gasteiger partial charge on any atom is 0.310 e. The van der Waals surface area contributed by atoms with Crippen LogP contribution in [0.3, 0.4) is 0 Å². The van der Waals surface area contributed by atoms with E-state index in [0.717, 1.165) is 24.9 Å². The van der Waals surface area contributed by atoms with Crippen LogP contribution in [0.1, 0.15) is 32.3 Å². The van der Waals surface area contributed by atoms with Gasteiger partial charge in [-0.3, -0.25) is 14.5 Å². The van der Waals surface area contributed by atoms with Crippen molar-refractivity contribution in [2.24, 2.45) is 5.92 Å². The number of hydrogen-bond acceptors (Lipinski definition) is 4. The molecular weight excluding hydrogens is 328 g/mol. The van der Waals surface area contributed by atoms with Crippen molar-refractivity contribution in [1.82, 2.24) is 10.2 Å². The summed E-state index contributed by atoms with van der Waals surface area (Å²) < 4.78 is 5.11. The number of hydrogen-bond donors (Lipinski definition) is 1. The molecule has 2 rings (SSSR count). The van der Waals surface area contributed by atoms with E-state index < -0.39 is 0 Å². The molecule has 1 amide bonds. The molecule has 0 bridgehead atoms. The Kier molecular flexibility index (Phi) is 7.06. The number of nitrogens with one attached hydrogen (secondary N) is 1. The molecule has 1 aromatic carbocycles. The van der Waals surface area contributed by atoms with E-state index >= 15 is 0 Å². The molecular formula is C18H25ClN2O3. The molecule has 0 spiro atoms. The molecule has 2 atom stereocenters. The highest BCUT2D eigenvalue weighted by atomic mass is 35.5. The molecule has 0 saturated carbocycles. The lowest BCUT2D eigenvalue weighted by molar-refractivity contribution is -0.151. The second-order valence-electron chi connectivity index (χ2n) is 6.07. The van der Waals surface area contributed by atoms with E-state index in [4.69, 9.17) is 16.3 Å². The van der Waals surface area contributed by atoms with Crippen molar-refractivity contribution in [2.75, 3.05) is 19.7 Å². The van der Waals surface area contributed by atoms with E-state index in [1.165, 1.54) is 0 Å². The van der Waals surface area contributed by atoms with E-state index in [1.54, 1.807) is 6.07 Å². The predicted molar refractivity (Wildman–Crippen MR) is 93.7 cm³/mol. The minimum atomic E-state index is -0.287. The zero-order valence-corrected chi connectivity index (χ0v) is 15.0. The normalized spacial score (nSPS) is 19.5. The number of piperidine rings is 1. The van der Waals surface area contributed by atoms with Gasteiger partial charge in [0.1, 0.15) is 0 Å². The first-order valence-corrected chi connectivity index (χ1v) is 8.82. The Labute approximate surface area is 148 Å². The Bertz CT molecular complexity index is 579. The van der Waals surface area contributed by atoms with Gasteiger partial charge >= 0.3 is 5.97 Å². The number of benzene rings is 1. The molecule has 1 fully saturated rings. The first-order chi connectivity index (χ1) is 11.5. The molecule has 5 nitrogen and oxygen atoms in total. The molecule has 0 aliphatic carbocycles. The van der Waals surface area contributed by atoms with Crippen LogP contribution in [0.25, 0.3) is 0 Å². The molecule has 1 heterocycles. The van der Waals surface area contributed by atoms with Crippen LogP contribution in [0.15, 0.2) is 24.3 Å². The maximum absolute atomic E-state index is 12.4. The largest absolute Gasteiger partial charge is 0.466 e. The van der Waals surface area contributed by atoms with E-state index in [0.29, 0.717) is 24.7 Å². The first-order valence-electron chi connectivity index (χ1n) is 8.44. The summed E-state index contributed by atoms with van der Waals surface area (Å²) in [7, 11) is 0. The van der Waals surface area contributed by atoms with E-state index in [2.05, 4.69) is 5.32 Å². The van der Waals surface area contributed by atoms with Crippen molar-refractivity contribution >= 4 is 23.5 Å². The Morgan fingerprint density at radius 1 is 1.42 bits per heavy atom. The molecule has 24 heavy (non-hydrogen) atoms. The third-order valence-corrected chi connectivity index (χ3v) is 4.78. The quantitative estimate of drug-likeness (QED) is 0.799. The first kappa shape index (κ1) is 18.7. The van der Waals surface area contributed by atoms with Gasteiger partial charge in [-0.15, -0.1) is 0 Å². The summed E-state index contributed by atoms with van der Waals surface area (Å²) in [6.45, 7) is 5.86. The number of ether oxygens (including phenoxy) is 1. The van der Waals surface area contributed by atoms with Gasteiger partial charge in [0, 0.05) is 18.1 Å². The third-order valence-electron chi connectivity index (χ3n) is 4.41. The van der Waals surface area contributed by atoms with Crippen molar-refractivity contribution < 1.29 is 14.3 Å². The summed E-state index contributed by atoms with van der Waals surface area (Å²) in [5.74, 6) is -0.358. The summed E-state index contributed by atoms with van der Waals surface area (Å²) in [5, 5.41) is 3.57. The highest BCUT2D eigenvalue weighted by Gasteiger charge is 2.31. The van der Waals surface area contributed by atoms with Crippen LogP contribution in [-0.4, -0.2) is 42.5 Å². The number of carbonyl (C=O) groups excluding carboxylic acids is 2. The number of rotatable bonds is 6. The van der Waals surface area contributed by atoms with Gasteiger partial charge in [0.05, 0.1) is 18.6 Å². The van der Waals surface area contributed by atoms with Crippen LogP contribution < -0.4 is 5.32 Å². The lowest BCUT2D eigenvalue weighted by Gasteiger charge is -2.35. The lowest BCUT2D eigenvalue weighted by Crippen LogP contribution is -2.50. The van der Waals surface area contributed by atoms with Gasteiger partial charge in [-0.1, -0.05) is 29.8 Å². The SMILES string of the molecule is CCOC(=O)C1CCCN(C(C)C(=O)NCc2ccccc2Cl)C1. The van der Waals surface area contributed by atoms with Crippen LogP contribution in [0, 0.1) is 5.92 Å². The van der Waals surface area contributed by atoms with Gasteiger partial charge in [0.2, 0.25) is 5.91 Å². The van der Waals surface area contributed by atoms with Crippen LogP contribution in [-0.2, 0) is 20.9 Å². The number of nitrogens with zero attached hydrogens (tertiary/aromatic N) is 1. The van der Waals surface area contributed by atoms with E-state index in [-0.39, 0.29) is 23.8 Å². The van der Waals surface area contributed by atoms with Crippen molar-refractivity contribution in [3.8, 4) is 0 Å². The summed E-state index contributed by atoms with van der Waals surface area (Å²) in [5.41, 5.74) is 0.891. The Morgan fingerprint density at radius 3 is 2.88 bits per heavy atom. The van der Waals surface area contributed by atoms with Crippen molar-refractivity contribution in [2.45, 2.75) is 39.3 Å². The summed E-state index contributed by atoms with van der Waals surface area (Å²) in [6, 6.07) is 7.17. The van der Waals surface area contributed by atoms with Crippen LogP contribution in [0.5, 0.6) is 0 Å². The van der Waals surface area contributed by atoms with Gasteiger partial charge in [-0.25, -0.2) is 0 Å². The summed E-state index contributed by atoms with van der Waals surface area (Å²) in [4.78, 5) is 26.4. The minimum absolute atomic E-state index is 0.0561. The van der Waals surface area contributed by atoms with Gasteiger partial charge in [0.25, 0.3) is 0 Å². The Hall–Kier alpha value is -1.59. The van der Waals surface area contributed by atoms with Gasteiger partial charge < -0.3 is 10.1 Å². The molecule has 0 radical (unpaired) electrons. The Balaban J connectivity index is 1.88. The molecule has 1 saturated heterocycles. The summed E-state index contributed by atoms with van der Waals surface area (Å²) >= 11 is 6.11. The highest BCUT2D eigenvalue weighted by molar-refractivity contribution is 6.31. The predicted octanol–water partition coefficient (Wildman–Crippen LogP) is 2.62. The fraction of sp³-hybridized carbons (Fsp3) is 0.556. The molecule has 6 heteroatoms. The van der Waals surface area contributed by atoms with Crippen LogP contribution >= 0.6 is 11.6 Å². The van der Waals surface area contributed by atoms with E-state index in [9.17, 15) is 9.59 Å². The Morgan fingerprint density at radius 2 is 2.17 bits per heavy atom. The topological polar surface area (TPSA) is 58.6 Å². The molecule has 132 valence electrons. The highest BCUT2D eigenvalue weighted by Crippen LogP contribution is 2.20. The van der Waals surface area contributed by atoms with Crippen molar-refractivity contribution in [3.63, 3.8) is 0 Å². The second-order valence-corrected chi connectivity index (χ2v) is 6.48. The maximum atomic E-state index is 12.4. The smallest absolute Gasteiger partial charge is 0.310 e. The average molecular weight is 353 g/mol. The molecule has 1 aromatic rings. The summed E-state index contributed by atoms with van der Waals surface area (Å²) in [6.07, 6.45) is 1.72. The molecule has 0 aromatic heterocycles. The number of likely N-dealkylation sites (tertiary alicyclic amines) is 1. The number of halogens is 1. The average Bonchev–Trinajstić information content (AvgIpc) is 2.60. The minimum Gasteiger partial charge on any atom is -0.466 e. The van der Waals surface area contributed by atoms with Gasteiger partial charge in [-0.2, -0.15) is 0 Å². The standard InChI is InChI=1S/C18H25ClN2O3/c1-3-24-18(23)15-8-6-10-21(12-15)13(2)17(22)20-11-14-7-4-5-9-16(14)19/h4-5,7,9,13,15H,3,6,8,10-12H2,1-2H3,(H,20,22). The van der Waals surface area contributed by atoms with Gasteiger partial charge in [-0.05, 0) is 44.9 Å². The number of carbonyl (C=O) groups is 2. The lowest BCUT2D eigenvalue weighted by atomic mass is 9.97. The molecule has 2 unspecified atom stereocenters. The zero-order chi connectivity index (χ0) is 17.5. The fourth-order valence-electron chi connectivity index (χ4n) is 2.95. The van der Waals surface area contributed by atoms with Crippen molar-refractivity contribution in [1.29, 1.82) is 0 Å². The fourth-order valence-corrected chi connectivity index (χ4v) is 3.15. The van der Waals surface area contributed by atoms with Crippen molar-refractivity contribution in [3.05, 3.63) is 34.9 Å². The van der Waals surface area contributed by atoms with Crippen LogP contribution in [0.2, 0.25) is 5.02 Å².